The van der Waals surface area contributed by atoms with Crippen LogP contribution in [0.5, 0.6) is 0 Å². The van der Waals surface area contributed by atoms with Gasteiger partial charge in [0, 0.05) is 12.6 Å². The van der Waals surface area contributed by atoms with E-state index in [9.17, 15) is 4.79 Å². The zero-order chi connectivity index (χ0) is 16.4. The number of hydrogen-bond acceptors (Lipinski definition) is 4. The lowest BCUT2D eigenvalue weighted by Gasteiger charge is -2.27. The minimum Gasteiger partial charge on any atom is -0.444 e. The Hall–Kier alpha value is -0.810. The van der Waals surface area contributed by atoms with E-state index in [-0.39, 0.29) is 6.09 Å². The summed E-state index contributed by atoms with van der Waals surface area (Å²) in [4.78, 5) is 11.8. The van der Waals surface area contributed by atoms with Crippen molar-refractivity contribution in [3.05, 3.63) is 0 Å². The highest BCUT2D eigenvalue weighted by molar-refractivity contribution is 5.67. The molecule has 5 heteroatoms. The van der Waals surface area contributed by atoms with Crippen LogP contribution in [0.2, 0.25) is 0 Å². The van der Waals surface area contributed by atoms with Gasteiger partial charge in [0.1, 0.15) is 5.60 Å². The monoisotopic (exact) mass is 313 g/mol. The van der Waals surface area contributed by atoms with Crippen molar-refractivity contribution in [2.75, 3.05) is 26.2 Å². The van der Waals surface area contributed by atoms with Gasteiger partial charge in [-0.3, -0.25) is 0 Å². The summed E-state index contributed by atoms with van der Waals surface area (Å²) in [5.74, 6) is 0.756. The van der Waals surface area contributed by atoms with Crippen molar-refractivity contribution in [2.45, 2.75) is 71.4 Å². The summed E-state index contributed by atoms with van der Waals surface area (Å²) in [5, 5.41) is 9.94. The van der Waals surface area contributed by atoms with Gasteiger partial charge in [-0.1, -0.05) is 19.8 Å². The van der Waals surface area contributed by atoms with Crippen LogP contribution in [-0.2, 0) is 4.74 Å². The highest BCUT2D eigenvalue weighted by atomic mass is 16.6. The van der Waals surface area contributed by atoms with Gasteiger partial charge in [0.15, 0.2) is 0 Å². The molecule has 5 nitrogen and oxygen atoms in total. The Morgan fingerprint density at radius 2 is 2.00 bits per heavy atom. The van der Waals surface area contributed by atoms with Crippen LogP contribution < -0.4 is 16.0 Å². The van der Waals surface area contributed by atoms with Gasteiger partial charge in [-0.25, -0.2) is 4.79 Å². The number of carbonyl (C=O) groups excluding carboxylic acids is 1. The Morgan fingerprint density at radius 1 is 1.32 bits per heavy atom. The summed E-state index contributed by atoms with van der Waals surface area (Å²) < 4.78 is 5.30. The number of amides is 1. The average Bonchev–Trinajstić information content (AvgIpc) is 2.45. The van der Waals surface area contributed by atoms with Crippen molar-refractivity contribution < 1.29 is 9.53 Å². The number of alkyl carbamates (subject to hydrolysis) is 1. The summed E-state index contributed by atoms with van der Waals surface area (Å²) in [6.07, 6.45) is 5.62. The molecule has 0 bridgehead atoms. The van der Waals surface area contributed by atoms with Gasteiger partial charge in [0.2, 0.25) is 0 Å². The lowest BCUT2D eigenvalue weighted by Crippen LogP contribution is -2.45. The van der Waals surface area contributed by atoms with E-state index in [4.69, 9.17) is 4.74 Å². The van der Waals surface area contributed by atoms with E-state index in [1.807, 2.05) is 20.8 Å². The fourth-order valence-electron chi connectivity index (χ4n) is 2.67. The molecule has 1 saturated heterocycles. The van der Waals surface area contributed by atoms with Crippen LogP contribution in [0, 0.1) is 5.92 Å². The molecule has 1 aliphatic heterocycles. The first-order chi connectivity index (χ1) is 10.4. The second-order valence-electron chi connectivity index (χ2n) is 7.32. The van der Waals surface area contributed by atoms with Crippen LogP contribution in [0.15, 0.2) is 0 Å². The van der Waals surface area contributed by atoms with E-state index in [1.54, 1.807) is 0 Å². The topological polar surface area (TPSA) is 62.4 Å². The van der Waals surface area contributed by atoms with Gasteiger partial charge in [0.05, 0.1) is 0 Å². The Kier molecular flexibility index (Phi) is 8.79. The standard InChI is InChI=1S/C17H35N3O2/c1-5-6-7-15(13-20-16(21)22-17(2,3)4)19-12-14-8-10-18-11-9-14/h14-15,18-19H,5-13H2,1-4H3,(H,20,21). The predicted molar refractivity (Wildman–Crippen MR) is 91.1 cm³/mol. The van der Waals surface area contributed by atoms with Gasteiger partial charge in [0.25, 0.3) is 0 Å². The molecule has 1 amide bonds. The molecule has 1 fully saturated rings. The molecule has 0 aliphatic carbocycles. The molecule has 3 N–H and O–H groups in total. The second-order valence-corrected chi connectivity index (χ2v) is 7.32. The summed E-state index contributed by atoms with van der Waals surface area (Å²) >= 11 is 0. The fraction of sp³-hybridized carbons (Fsp3) is 0.941. The van der Waals surface area contributed by atoms with Gasteiger partial charge in [-0.15, -0.1) is 0 Å². The van der Waals surface area contributed by atoms with Crippen LogP contribution in [0.25, 0.3) is 0 Å². The fourth-order valence-corrected chi connectivity index (χ4v) is 2.67. The lowest BCUT2D eigenvalue weighted by atomic mass is 9.97. The van der Waals surface area contributed by atoms with Crippen molar-refractivity contribution >= 4 is 6.09 Å². The van der Waals surface area contributed by atoms with E-state index >= 15 is 0 Å². The van der Waals surface area contributed by atoms with Crippen molar-refractivity contribution in [3.8, 4) is 0 Å². The van der Waals surface area contributed by atoms with Gasteiger partial charge in [-0.05, 0) is 65.6 Å². The van der Waals surface area contributed by atoms with Crippen LogP contribution >= 0.6 is 0 Å². The van der Waals surface area contributed by atoms with Crippen LogP contribution in [-0.4, -0.2) is 43.9 Å². The van der Waals surface area contributed by atoms with Crippen LogP contribution in [0.3, 0.4) is 0 Å². The first-order valence-electron chi connectivity index (χ1n) is 8.81. The third kappa shape index (κ3) is 9.26. The normalized spacial score (nSPS) is 18.0. The molecule has 130 valence electrons. The van der Waals surface area contributed by atoms with E-state index in [0.717, 1.165) is 32.0 Å². The number of hydrogen-bond donors (Lipinski definition) is 3. The van der Waals surface area contributed by atoms with Crippen molar-refractivity contribution in [1.29, 1.82) is 0 Å². The minimum absolute atomic E-state index is 0.322. The number of piperidine rings is 1. The number of rotatable bonds is 8. The van der Waals surface area contributed by atoms with E-state index in [0.29, 0.717) is 12.6 Å². The molecule has 1 aliphatic rings. The third-order valence-corrected chi connectivity index (χ3v) is 3.95. The number of nitrogens with one attached hydrogen (secondary N) is 3. The summed E-state index contributed by atoms with van der Waals surface area (Å²) in [7, 11) is 0. The van der Waals surface area contributed by atoms with Crippen molar-refractivity contribution in [2.24, 2.45) is 5.92 Å². The highest BCUT2D eigenvalue weighted by Crippen LogP contribution is 2.11. The van der Waals surface area contributed by atoms with Gasteiger partial charge in [-0.2, -0.15) is 0 Å². The largest absolute Gasteiger partial charge is 0.444 e. The molecule has 0 aromatic heterocycles. The number of carbonyl (C=O) groups is 1. The molecule has 1 atom stereocenters. The smallest absolute Gasteiger partial charge is 0.407 e. The molecular weight excluding hydrogens is 278 g/mol. The maximum Gasteiger partial charge on any atom is 0.407 e. The molecule has 1 rings (SSSR count). The van der Waals surface area contributed by atoms with Gasteiger partial charge >= 0.3 is 6.09 Å². The van der Waals surface area contributed by atoms with E-state index in [1.165, 1.54) is 25.7 Å². The molecule has 22 heavy (non-hydrogen) atoms. The number of ether oxygens (including phenoxy) is 1. The Bertz CT molecular complexity index is 310. The Balaban J connectivity index is 2.30. The van der Waals surface area contributed by atoms with E-state index in [2.05, 4.69) is 22.9 Å². The molecule has 0 radical (unpaired) electrons. The van der Waals surface area contributed by atoms with Crippen molar-refractivity contribution in [1.82, 2.24) is 16.0 Å². The minimum atomic E-state index is -0.439. The van der Waals surface area contributed by atoms with Crippen molar-refractivity contribution in [3.63, 3.8) is 0 Å². The molecular formula is C17H35N3O2. The molecule has 1 unspecified atom stereocenters. The summed E-state index contributed by atoms with van der Waals surface area (Å²) in [6, 6.07) is 0.336. The molecule has 0 saturated carbocycles. The van der Waals surface area contributed by atoms with Gasteiger partial charge < -0.3 is 20.7 Å². The molecule has 0 spiro atoms. The Morgan fingerprint density at radius 3 is 2.59 bits per heavy atom. The molecule has 0 aromatic rings. The summed E-state index contributed by atoms with van der Waals surface area (Å²) in [5.41, 5.74) is -0.439. The first-order valence-corrected chi connectivity index (χ1v) is 8.81. The van der Waals surface area contributed by atoms with E-state index < -0.39 is 5.60 Å². The van der Waals surface area contributed by atoms with Crippen LogP contribution in [0.4, 0.5) is 4.79 Å². The maximum atomic E-state index is 11.8. The van der Waals surface area contributed by atoms with Crippen LogP contribution in [0.1, 0.15) is 59.8 Å². The number of unbranched alkanes of at least 4 members (excludes halogenated alkanes) is 1. The molecule has 0 aromatic carbocycles. The third-order valence-electron chi connectivity index (χ3n) is 3.95. The second kappa shape index (κ2) is 10.1. The lowest BCUT2D eigenvalue weighted by molar-refractivity contribution is 0.0521. The maximum absolute atomic E-state index is 11.8. The highest BCUT2D eigenvalue weighted by Gasteiger charge is 2.18. The first kappa shape index (κ1) is 19.2. The zero-order valence-corrected chi connectivity index (χ0v) is 14.8. The summed E-state index contributed by atoms with van der Waals surface area (Å²) in [6.45, 7) is 11.8. The predicted octanol–water partition coefficient (Wildman–Crippen LogP) is 2.66. The zero-order valence-electron chi connectivity index (χ0n) is 14.8. The average molecular weight is 313 g/mol. The quantitative estimate of drug-likeness (QED) is 0.645. The SMILES string of the molecule is CCCCC(CNC(=O)OC(C)(C)C)NCC1CCNCC1. The Labute approximate surface area is 135 Å². The molecule has 1 heterocycles.